The summed E-state index contributed by atoms with van der Waals surface area (Å²) < 4.78 is 0. The molecule has 0 heterocycles. The molecular formula is C10H15N3O4. The first-order valence-corrected chi connectivity index (χ1v) is 5.17. The van der Waals surface area contributed by atoms with Gasteiger partial charge in [-0.25, -0.2) is 10.1 Å². The van der Waals surface area contributed by atoms with Gasteiger partial charge in [0.15, 0.2) is 5.03 Å². The smallest absolute Gasteiger partial charge is 0.165 e. The van der Waals surface area contributed by atoms with Crippen molar-refractivity contribution >= 4 is 11.4 Å². The van der Waals surface area contributed by atoms with Crippen LogP contribution in [0, 0.1) is 10.1 Å². The zero-order valence-electron chi connectivity index (χ0n) is 9.24. The minimum Gasteiger partial charge on any atom is -0.395 e. The Morgan fingerprint density at radius 1 is 1.29 bits per heavy atom. The van der Waals surface area contributed by atoms with Crippen LogP contribution in [0.15, 0.2) is 24.3 Å². The molecule has 0 amide bonds. The number of nitrogens with zero attached hydrogens (tertiary/aromatic N) is 2. The Kier molecular flexibility index (Phi) is 5.18. The number of rotatable bonds is 7. The summed E-state index contributed by atoms with van der Waals surface area (Å²) in [5.41, 5.74) is 0.909. The van der Waals surface area contributed by atoms with Gasteiger partial charge in [0.05, 0.1) is 18.9 Å². The molecule has 17 heavy (non-hydrogen) atoms. The third-order valence-corrected chi connectivity index (χ3v) is 2.12. The second kappa shape index (κ2) is 6.66. The molecule has 0 fully saturated rings. The molecule has 0 unspecified atom stereocenters. The lowest BCUT2D eigenvalue weighted by atomic mass is 10.2. The molecule has 94 valence electrons. The highest BCUT2D eigenvalue weighted by molar-refractivity contribution is 5.68. The van der Waals surface area contributed by atoms with Crippen LogP contribution in [0.25, 0.3) is 0 Å². The van der Waals surface area contributed by atoms with Gasteiger partial charge in [-0.1, -0.05) is 17.1 Å². The highest BCUT2D eigenvalue weighted by atomic mass is 16.7. The van der Waals surface area contributed by atoms with Crippen LogP contribution in [-0.4, -0.2) is 41.5 Å². The van der Waals surface area contributed by atoms with E-state index in [4.69, 9.17) is 10.2 Å². The Hall–Kier alpha value is -1.86. The molecule has 0 atom stereocenters. The maximum absolute atomic E-state index is 10.9. The van der Waals surface area contributed by atoms with Crippen LogP contribution >= 0.6 is 0 Å². The topological polar surface area (TPSA) is 98.9 Å². The van der Waals surface area contributed by atoms with Crippen molar-refractivity contribution in [2.45, 2.75) is 0 Å². The van der Waals surface area contributed by atoms with Crippen molar-refractivity contribution in [1.82, 2.24) is 0 Å². The van der Waals surface area contributed by atoms with Crippen molar-refractivity contribution in [3.05, 3.63) is 34.4 Å². The molecule has 0 aromatic heterocycles. The van der Waals surface area contributed by atoms with E-state index in [1.165, 1.54) is 0 Å². The van der Waals surface area contributed by atoms with Gasteiger partial charge >= 0.3 is 0 Å². The molecule has 0 bridgehead atoms. The van der Waals surface area contributed by atoms with E-state index >= 15 is 0 Å². The molecule has 0 radical (unpaired) electrons. The van der Waals surface area contributed by atoms with E-state index in [-0.39, 0.29) is 19.8 Å². The van der Waals surface area contributed by atoms with Crippen molar-refractivity contribution in [3.8, 4) is 0 Å². The molecule has 7 nitrogen and oxygen atoms in total. The van der Waals surface area contributed by atoms with Gasteiger partial charge in [-0.3, -0.25) is 0 Å². The number of para-hydroxylation sites is 2. The van der Waals surface area contributed by atoms with Gasteiger partial charge in [-0.05, 0) is 12.1 Å². The molecule has 1 rings (SSSR count). The van der Waals surface area contributed by atoms with Crippen molar-refractivity contribution < 1.29 is 15.2 Å². The second-order valence-electron chi connectivity index (χ2n) is 3.25. The number of hydrazine groups is 1. The number of hydrogen-bond acceptors (Lipinski definition) is 5. The average Bonchev–Trinajstić information content (AvgIpc) is 2.33. The zero-order valence-corrected chi connectivity index (χ0v) is 9.24. The molecule has 0 aliphatic heterocycles. The van der Waals surface area contributed by atoms with Crippen LogP contribution in [0.2, 0.25) is 0 Å². The van der Waals surface area contributed by atoms with Crippen molar-refractivity contribution in [2.75, 3.05) is 36.6 Å². The fraction of sp³-hybridized carbons (Fsp3) is 0.400. The average molecular weight is 241 g/mol. The summed E-state index contributed by atoms with van der Waals surface area (Å²) >= 11 is 0. The lowest BCUT2D eigenvalue weighted by molar-refractivity contribution is -0.494. The number of nitrogens with one attached hydrogen (secondary N) is 1. The van der Waals surface area contributed by atoms with Crippen LogP contribution < -0.4 is 10.3 Å². The normalized spacial score (nSPS) is 10.0. The molecule has 3 N–H and O–H groups in total. The van der Waals surface area contributed by atoms with Crippen LogP contribution in [0.3, 0.4) is 0 Å². The minimum absolute atomic E-state index is 0.0627. The van der Waals surface area contributed by atoms with Crippen molar-refractivity contribution in [2.24, 2.45) is 0 Å². The third-order valence-electron chi connectivity index (χ3n) is 2.12. The Morgan fingerprint density at radius 3 is 2.59 bits per heavy atom. The summed E-state index contributed by atoms with van der Waals surface area (Å²) in [6.45, 7) is -0.158. The lowest BCUT2D eigenvalue weighted by Crippen LogP contribution is -2.33. The summed E-state index contributed by atoms with van der Waals surface area (Å²) in [6, 6.07) is 6.67. The van der Waals surface area contributed by atoms with E-state index in [2.05, 4.69) is 5.32 Å². The number of aliphatic hydroxyl groups excluding tert-OH is 2. The second-order valence-corrected chi connectivity index (χ2v) is 3.25. The van der Waals surface area contributed by atoms with E-state index in [1.807, 2.05) is 0 Å². The van der Waals surface area contributed by atoms with Gasteiger partial charge in [0.2, 0.25) is 0 Å². The Bertz CT molecular complexity index is 372. The van der Waals surface area contributed by atoms with Crippen molar-refractivity contribution in [3.63, 3.8) is 0 Å². The summed E-state index contributed by atoms with van der Waals surface area (Å²) in [5.74, 6) is 0. The number of hydrogen-bond donors (Lipinski definition) is 3. The molecule has 0 aliphatic rings. The van der Waals surface area contributed by atoms with Gasteiger partial charge in [0.25, 0.3) is 0 Å². The van der Waals surface area contributed by atoms with Crippen LogP contribution in [0.1, 0.15) is 0 Å². The van der Waals surface area contributed by atoms with E-state index in [0.717, 1.165) is 5.01 Å². The van der Waals surface area contributed by atoms with E-state index < -0.39 is 5.03 Å². The first-order chi connectivity index (χ1) is 8.20. The Balaban J connectivity index is 2.96. The van der Waals surface area contributed by atoms with E-state index in [9.17, 15) is 10.1 Å². The third kappa shape index (κ3) is 3.58. The largest absolute Gasteiger partial charge is 0.395 e. The predicted octanol–water partition coefficient (Wildman–Crippen LogP) is 0.0812. The van der Waals surface area contributed by atoms with Gasteiger partial charge in [0, 0.05) is 6.54 Å². The highest BCUT2D eigenvalue weighted by Gasteiger charge is 2.19. The molecular weight excluding hydrogens is 226 g/mol. The first kappa shape index (κ1) is 13.2. The van der Waals surface area contributed by atoms with Gasteiger partial charge in [-0.2, -0.15) is 0 Å². The molecule has 0 saturated carbocycles. The van der Waals surface area contributed by atoms with Gasteiger partial charge in [-0.15, -0.1) is 0 Å². The molecule has 0 aliphatic carbocycles. The number of benzene rings is 1. The number of nitro groups is 1. The molecule has 1 aromatic rings. The minimum atomic E-state index is -0.574. The molecule has 0 spiro atoms. The van der Waals surface area contributed by atoms with Crippen LogP contribution in [0.5, 0.6) is 0 Å². The zero-order chi connectivity index (χ0) is 12.7. The molecule has 1 aromatic carbocycles. The predicted molar refractivity (Wildman–Crippen MR) is 63.4 cm³/mol. The Morgan fingerprint density at radius 2 is 2.00 bits per heavy atom. The molecule has 7 heteroatoms. The summed E-state index contributed by atoms with van der Waals surface area (Å²) in [7, 11) is 0. The molecule has 0 saturated heterocycles. The summed E-state index contributed by atoms with van der Waals surface area (Å²) in [6.07, 6.45) is 0. The van der Waals surface area contributed by atoms with Crippen molar-refractivity contribution in [1.29, 1.82) is 0 Å². The monoisotopic (exact) mass is 241 g/mol. The highest BCUT2D eigenvalue weighted by Crippen LogP contribution is 2.25. The Labute approximate surface area is 98.4 Å². The van der Waals surface area contributed by atoms with E-state index in [1.54, 1.807) is 24.3 Å². The lowest BCUT2D eigenvalue weighted by Gasteiger charge is -2.17. The standard InChI is InChI=1S/C10H15N3O4/c14-7-5-11-9-3-1-2-4-10(9)12(6-8-15)13(16)17/h1-4,11,14-15H,5-8H2. The summed E-state index contributed by atoms with van der Waals surface area (Å²) in [4.78, 5) is 10.9. The maximum Gasteiger partial charge on any atom is 0.165 e. The SMILES string of the molecule is O=[N+]([O-])N(CCO)c1ccccc1NCCO. The number of aliphatic hydroxyl groups is 2. The first-order valence-electron chi connectivity index (χ1n) is 5.17. The van der Waals surface area contributed by atoms with Gasteiger partial charge < -0.3 is 15.5 Å². The fourth-order valence-corrected chi connectivity index (χ4v) is 1.42. The fourth-order valence-electron chi connectivity index (χ4n) is 1.42. The van der Waals surface area contributed by atoms with Crippen LogP contribution in [0.4, 0.5) is 11.4 Å². The quantitative estimate of drug-likeness (QED) is 0.462. The van der Waals surface area contributed by atoms with Gasteiger partial charge in [0.1, 0.15) is 12.2 Å². The number of anilines is 2. The maximum atomic E-state index is 10.9. The summed E-state index contributed by atoms with van der Waals surface area (Å²) in [5, 5.41) is 31.6. The van der Waals surface area contributed by atoms with E-state index in [0.29, 0.717) is 17.9 Å². The van der Waals surface area contributed by atoms with Crippen LogP contribution in [-0.2, 0) is 0 Å².